The van der Waals surface area contributed by atoms with E-state index in [1.165, 1.54) is 24.0 Å². The molecule has 1 saturated carbocycles. The number of alkyl carbamates (subject to hydrolysis) is 1. The lowest BCUT2D eigenvalue weighted by Gasteiger charge is -2.29. The van der Waals surface area contributed by atoms with Crippen LogP contribution in [-0.4, -0.2) is 23.8 Å². The van der Waals surface area contributed by atoms with E-state index in [0.717, 1.165) is 12.5 Å². The number of amides is 1. The lowest BCUT2D eigenvalue weighted by Crippen LogP contribution is -2.51. The van der Waals surface area contributed by atoms with Crippen LogP contribution in [0, 0.1) is 0 Å². The molecule has 128 valence electrons. The van der Waals surface area contributed by atoms with E-state index in [4.69, 9.17) is 4.74 Å². The van der Waals surface area contributed by atoms with E-state index >= 15 is 0 Å². The molecule has 1 aromatic rings. The molecule has 1 aromatic carbocycles. The minimum atomic E-state index is -0.475. The standard InChI is InChI=1S/C19H30N2O2/c1-18(2,3)23-17(22)21-19(4,5)13-20-12-14-7-6-8-16(11-14)15-9-10-15/h6-8,11,15,20H,9-10,12-13H2,1-5H3,(H,21,22). The third kappa shape index (κ3) is 6.61. The van der Waals surface area contributed by atoms with Crippen LogP contribution in [0.5, 0.6) is 0 Å². The SMILES string of the molecule is CC(C)(CNCc1cccc(C2CC2)c1)NC(=O)OC(C)(C)C. The summed E-state index contributed by atoms with van der Waals surface area (Å²) in [5.74, 6) is 0.778. The molecule has 0 aromatic heterocycles. The Morgan fingerprint density at radius 2 is 1.91 bits per heavy atom. The maximum Gasteiger partial charge on any atom is 0.408 e. The Hall–Kier alpha value is -1.55. The van der Waals surface area contributed by atoms with Gasteiger partial charge in [0.05, 0.1) is 5.54 Å². The molecular weight excluding hydrogens is 288 g/mol. The number of hydrogen-bond acceptors (Lipinski definition) is 3. The Morgan fingerprint density at radius 3 is 2.52 bits per heavy atom. The van der Waals surface area contributed by atoms with Crippen molar-refractivity contribution in [2.24, 2.45) is 0 Å². The van der Waals surface area contributed by atoms with Crippen molar-refractivity contribution >= 4 is 6.09 Å². The number of hydrogen-bond donors (Lipinski definition) is 2. The van der Waals surface area contributed by atoms with Gasteiger partial charge in [0, 0.05) is 13.1 Å². The molecule has 2 N–H and O–H groups in total. The van der Waals surface area contributed by atoms with Crippen molar-refractivity contribution in [3.63, 3.8) is 0 Å². The lowest BCUT2D eigenvalue weighted by atomic mass is 10.0. The van der Waals surface area contributed by atoms with Crippen molar-refractivity contribution in [1.29, 1.82) is 0 Å². The Balaban J connectivity index is 1.77. The normalized spacial score (nSPS) is 15.3. The molecule has 0 heterocycles. The third-order valence-corrected chi connectivity index (χ3v) is 3.74. The molecule has 0 aliphatic heterocycles. The highest BCUT2D eigenvalue weighted by molar-refractivity contribution is 5.68. The van der Waals surface area contributed by atoms with Gasteiger partial charge in [-0.15, -0.1) is 0 Å². The van der Waals surface area contributed by atoms with Crippen LogP contribution in [0.3, 0.4) is 0 Å². The van der Waals surface area contributed by atoms with Gasteiger partial charge in [-0.1, -0.05) is 24.3 Å². The van der Waals surface area contributed by atoms with Gasteiger partial charge in [0.25, 0.3) is 0 Å². The summed E-state index contributed by atoms with van der Waals surface area (Å²) in [6.45, 7) is 11.1. The minimum absolute atomic E-state index is 0.365. The summed E-state index contributed by atoms with van der Waals surface area (Å²) >= 11 is 0. The van der Waals surface area contributed by atoms with Crippen molar-refractivity contribution in [1.82, 2.24) is 10.6 Å². The topological polar surface area (TPSA) is 50.4 Å². The molecule has 2 rings (SSSR count). The van der Waals surface area contributed by atoms with Crippen LogP contribution < -0.4 is 10.6 Å². The molecule has 1 aliphatic carbocycles. The van der Waals surface area contributed by atoms with Crippen LogP contribution in [0.25, 0.3) is 0 Å². The molecule has 0 unspecified atom stereocenters. The van der Waals surface area contributed by atoms with Crippen molar-refractivity contribution in [3.8, 4) is 0 Å². The summed E-state index contributed by atoms with van der Waals surface area (Å²) in [5, 5.41) is 6.34. The van der Waals surface area contributed by atoms with E-state index < -0.39 is 5.60 Å². The second kappa shape index (κ2) is 6.91. The number of rotatable bonds is 6. The summed E-state index contributed by atoms with van der Waals surface area (Å²) in [5.41, 5.74) is 1.91. The van der Waals surface area contributed by atoms with Gasteiger partial charge < -0.3 is 15.4 Å². The maximum atomic E-state index is 11.9. The maximum absolute atomic E-state index is 11.9. The summed E-state index contributed by atoms with van der Waals surface area (Å²) in [6, 6.07) is 8.79. The van der Waals surface area contributed by atoms with Crippen LogP contribution >= 0.6 is 0 Å². The van der Waals surface area contributed by atoms with Gasteiger partial charge >= 0.3 is 6.09 Å². The Bertz CT molecular complexity index is 543. The van der Waals surface area contributed by atoms with Crippen LogP contribution in [0.4, 0.5) is 4.79 Å². The minimum Gasteiger partial charge on any atom is -0.444 e. The highest BCUT2D eigenvalue weighted by atomic mass is 16.6. The van der Waals surface area contributed by atoms with Crippen molar-refractivity contribution in [3.05, 3.63) is 35.4 Å². The van der Waals surface area contributed by atoms with Crippen LogP contribution in [0.15, 0.2) is 24.3 Å². The monoisotopic (exact) mass is 318 g/mol. The Labute approximate surface area is 140 Å². The number of nitrogens with one attached hydrogen (secondary N) is 2. The zero-order valence-corrected chi connectivity index (χ0v) is 15.0. The van der Waals surface area contributed by atoms with E-state index in [1.807, 2.05) is 34.6 Å². The number of ether oxygens (including phenoxy) is 1. The van der Waals surface area contributed by atoms with Crippen molar-refractivity contribution in [2.45, 2.75) is 71.1 Å². The first-order valence-electron chi connectivity index (χ1n) is 8.45. The van der Waals surface area contributed by atoms with Gasteiger partial charge in [0.1, 0.15) is 5.60 Å². The second-order valence-electron chi connectivity index (χ2n) is 8.13. The first-order chi connectivity index (χ1) is 10.6. The fourth-order valence-electron chi connectivity index (χ4n) is 2.52. The van der Waals surface area contributed by atoms with Gasteiger partial charge in [-0.2, -0.15) is 0 Å². The van der Waals surface area contributed by atoms with E-state index in [2.05, 4.69) is 34.9 Å². The number of carbonyl (C=O) groups excluding carboxylic acids is 1. The van der Waals surface area contributed by atoms with E-state index in [1.54, 1.807) is 0 Å². The predicted octanol–water partition coefficient (Wildman–Crippen LogP) is 3.96. The Kier molecular flexibility index (Phi) is 5.35. The molecule has 1 fully saturated rings. The molecule has 4 nitrogen and oxygen atoms in total. The van der Waals surface area contributed by atoms with E-state index in [0.29, 0.717) is 6.54 Å². The van der Waals surface area contributed by atoms with E-state index in [-0.39, 0.29) is 11.6 Å². The van der Waals surface area contributed by atoms with Crippen LogP contribution in [0.2, 0.25) is 0 Å². The average Bonchev–Trinajstić information content (AvgIpc) is 3.19. The summed E-state index contributed by atoms with van der Waals surface area (Å²) < 4.78 is 5.31. The molecular formula is C19H30N2O2. The van der Waals surface area contributed by atoms with Crippen LogP contribution in [-0.2, 0) is 11.3 Å². The lowest BCUT2D eigenvalue weighted by molar-refractivity contribution is 0.0472. The number of carbonyl (C=O) groups is 1. The highest BCUT2D eigenvalue weighted by Crippen LogP contribution is 2.40. The molecule has 23 heavy (non-hydrogen) atoms. The number of benzene rings is 1. The highest BCUT2D eigenvalue weighted by Gasteiger charge is 2.25. The quantitative estimate of drug-likeness (QED) is 0.835. The molecule has 1 amide bonds. The molecule has 0 saturated heterocycles. The fraction of sp³-hybridized carbons (Fsp3) is 0.632. The van der Waals surface area contributed by atoms with Gasteiger partial charge in [-0.3, -0.25) is 0 Å². The van der Waals surface area contributed by atoms with Gasteiger partial charge in [-0.25, -0.2) is 4.79 Å². The van der Waals surface area contributed by atoms with Gasteiger partial charge in [0.15, 0.2) is 0 Å². The van der Waals surface area contributed by atoms with Crippen molar-refractivity contribution in [2.75, 3.05) is 6.54 Å². The van der Waals surface area contributed by atoms with Gasteiger partial charge in [-0.05, 0) is 64.5 Å². The van der Waals surface area contributed by atoms with Crippen molar-refractivity contribution < 1.29 is 9.53 Å². The average molecular weight is 318 g/mol. The molecule has 1 aliphatic rings. The zero-order chi connectivity index (χ0) is 17.1. The smallest absolute Gasteiger partial charge is 0.408 e. The molecule has 0 spiro atoms. The summed E-state index contributed by atoms with van der Waals surface area (Å²) in [4.78, 5) is 11.9. The van der Waals surface area contributed by atoms with Crippen LogP contribution in [0.1, 0.15) is 64.5 Å². The van der Waals surface area contributed by atoms with E-state index in [9.17, 15) is 4.79 Å². The zero-order valence-electron chi connectivity index (χ0n) is 15.0. The molecule has 0 atom stereocenters. The Morgan fingerprint density at radius 1 is 1.22 bits per heavy atom. The molecule has 4 heteroatoms. The molecule has 0 radical (unpaired) electrons. The first-order valence-corrected chi connectivity index (χ1v) is 8.45. The fourth-order valence-corrected chi connectivity index (χ4v) is 2.52. The second-order valence-corrected chi connectivity index (χ2v) is 8.13. The third-order valence-electron chi connectivity index (χ3n) is 3.74. The molecule has 0 bridgehead atoms. The summed E-state index contributed by atoms with van der Waals surface area (Å²) in [7, 11) is 0. The predicted molar refractivity (Wildman–Crippen MR) is 93.6 cm³/mol. The largest absolute Gasteiger partial charge is 0.444 e. The summed E-state index contributed by atoms with van der Waals surface area (Å²) in [6.07, 6.45) is 2.27. The van der Waals surface area contributed by atoms with Gasteiger partial charge in [0.2, 0.25) is 0 Å². The first kappa shape index (κ1) is 17.8.